The van der Waals surface area contributed by atoms with Crippen LogP contribution >= 0.6 is 0 Å². The first-order valence-electron chi connectivity index (χ1n) is 8.37. The van der Waals surface area contributed by atoms with E-state index in [1.807, 2.05) is 0 Å². The summed E-state index contributed by atoms with van der Waals surface area (Å²) >= 11 is 0. The molecule has 6 nitrogen and oxygen atoms in total. The van der Waals surface area contributed by atoms with Crippen LogP contribution in [0.3, 0.4) is 0 Å². The van der Waals surface area contributed by atoms with Gasteiger partial charge >= 0.3 is 0 Å². The third-order valence-electron chi connectivity index (χ3n) is 4.52. The number of nitrogens with one attached hydrogen (secondary N) is 1. The van der Waals surface area contributed by atoms with Gasteiger partial charge in [-0.25, -0.2) is 0 Å². The molecule has 0 radical (unpaired) electrons. The van der Waals surface area contributed by atoms with Crippen LogP contribution < -0.4 is 10.7 Å². The van der Waals surface area contributed by atoms with Gasteiger partial charge in [-0.3, -0.25) is 9.59 Å². The number of carbonyl (C=O) groups is 1. The van der Waals surface area contributed by atoms with Crippen LogP contribution in [0.25, 0.3) is 0 Å². The van der Waals surface area contributed by atoms with Crippen LogP contribution in [0.1, 0.15) is 42.0 Å². The van der Waals surface area contributed by atoms with Gasteiger partial charge in [-0.05, 0) is 32.6 Å². The lowest BCUT2D eigenvalue weighted by atomic mass is 10.0. The molecule has 2 fully saturated rings. The third kappa shape index (κ3) is 4.42. The molecule has 1 N–H and O–H groups in total. The Labute approximate surface area is 135 Å². The Bertz CT molecular complexity index is 599. The highest BCUT2D eigenvalue weighted by Gasteiger charge is 2.25. The minimum atomic E-state index is -0.302. The first-order valence-corrected chi connectivity index (χ1v) is 8.37. The zero-order valence-electron chi connectivity index (χ0n) is 13.5. The Kier molecular flexibility index (Phi) is 5.13. The Morgan fingerprint density at radius 1 is 1.30 bits per heavy atom. The number of piperidine rings is 1. The molecule has 0 spiro atoms. The van der Waals surface area contributed by atoms with Crippen molar-refractivity contribution in [3.05, 3.63) is 33.9 Å². The zero-order valence-corrected chi connectivity index (χ0v) is 13.5. The zero-order chi connectivity index (χ0) is 16.2. The van der Waals surface area contributed by atoms with Crippen molar-refractivity contribution in [2.24, 2.45) is 0 Å². The molecule has 1 aromatic heterocycles. The number of hydrogen-bond acceptors (Lipinski definition) is 5. The Balaban J connectivity index is 1.48. The Hall–Kier alpha value is -1.66. The van der Waals surface area contributed by atoms with Crippen LogP contribution in [-0.4, -0.2) is 49.2 Å². The van der Waals surface area contributed by atoms with Gasteiger partial charge in [0.25, 0.3) is 5.91 Å². The molecule has 1 unspecified atom stereocenters. The molecule has 23 heavy (non-hydrogen) atoms. The summed E-state index contributed by atoms with van der Waals surface area (Å²) in [5.41, 5.74) is -0.203. The number of carbonyl (C=O) groups excluding carboxylic acids is 1. The van der Waals surface area contributed by atoms with Crippen molar-refractivity contribution in [3.8, 4) is 0 Å². The molecule has 126 valence electrons. The minimum Gasteiger partial charge on any atom is -0.456 e. The van der Waals surface area contributed by atoms with Gasteiger partial charge in [0, 0.05) is 44.4 Å². The van der Waals surface area contributed by atoms with Crippen molar-refractivity contribution < 1.29 is 13.9 Å². The topological polar surface area (TPSA) is 71.8 Å². The summed E-state index contributed by atoms with van der Waals surface area (Å²) in [7, 11) is 0. The second-order valence-electron chi connectivity index (χ2n) is 6.45. The van der Waals surface area contributed by atoms with E-state index in [2.05, 4.69) is 10.2 Å². The summed E-state index contributed by atoms with van der Waals surface area (Å²) in [5.74, 6) is 0.245. The molecule has 0 bridgehead atoms. The lowest BCUT2D eigenvalue weighted by molar-refractivity contribution is 0.0609. The number of nitrogens with zero attached hydrogens (tertiary/aromatic N) is 1. The first kappa shape index (κ1) is 16.2. The van der Waals surface area contributed by atoms with E-state index in [0.717, 1.165) is 45.5 Å². The summed E-state index contributed by atoms with van der Waals surface area (Å²) in [5, 5.41) is 2.97. The van der Waals surface area contributed by atoms with Crippen molar-refractivity contribution >= 4 is 5.91 Å². The van der Waals surface area contributed by atoms with Gasteiger partial charge in [-0.15, -0.1) is 0 Å². The predicted octanol–water partition coefficient (Wildman–Crippen LogP) is 1.32. The number of rotatable bonds is 4. The van der Waals surface area contributed by atoms with E-state index in [1.54, 1.807) is 6.92 Å². The lowest BCUT2D eigenvalue weighted by Gasteiger charge is -2.33. The smallest absolute Gasteiger partial charge is 0.287 e. The van der Waals surface area contributed by atoms with Crippen LogP contribution in [0.4, 0.5) is 0 Å². The Morgan fingerprint density at radius 3 is 2.74 bits per heavy atom. The van der Waals surface area contributed by atoms with Gasteiger partial charge in [0.05, 0.1) is 6.10 Å². The van der Waals surface area contributed by atoms with E-state index in [0.29, 0.717) is 11.9 Å². The van der Waals surface area contributed by atoms with Crippen LogP contribution in [0.2, 0.25) is 0 Å². The van der Waals surface area contributed by atoms with Crippen molar-refractivity contribution in [1.29, 1.82) is 0 Å². The second-order valence-corrected chi connectivity index (χ2v) is 6.45. The van der Waals surface area contributed by atoms with Crippen LogP contribution in [0.15, 0.2) is 21.3 Å². The van der Waals surface area contributed by atoms with Crippen LogP contribution in [0.5, 0.6) is 0 Å². The van der Waals surface area contributed by atoms with E-state index >= 15 is 0 Å². The molecule has 6 heteroatoms. The molecule has 2 aliphatic heterocycles. The molecular weight excluding hydrogens is 296 g/mol. The van der Waals surface area contributed by atoms with E-state index in [4.69, 9.17) is 9.15 Å². The molecule has 0 aliphatic carbocycles. The lowest BCUT2D eigenvalue weighted by Crippen LogP contribution is -2.46. The fraction of sp³-hybridized carbons (Fsp3) is 0.647. The van der Waals surface area contributed by atoms with Crippen LogP contribution in [-0.2, 0) is 4.74 Å². The maximum atomic E-state index is 12.2. The molecule has 0 saturated carbocycles. The van der Waals surface area contributed by atoms with Gasteiger partial charge in [0.1, 0.15) is 5.76 Å². The molecule has 2 saturated heterocycles. The van der Waals surface area contributed by atoms with Gasteiger partial charge in [-0.1, -0.05) is 0 Å². The molecule has 0 aromatic carbocycles. The maximum absolute atomic E-state index is 12.2. The Morgan fingerprint density at radius 2 is 2.09 bits per heavy atom. The summed E-state index contributed by atoms with van der Waals surface area (Å²) in [6, 6.07) is 2.75. The van der Waals surface area contributed by atoms with Gasteiger partial charge in [-0.2, -0.15) is 0 Å². The highest BCUT2D eigenvalue weighted by molar-refractivity contribution is 5.91. The van der Waals surface area contributed by atoms with Crippen molar-refractivity contribution in [1.82, 2.24) is 10.2 Å². The average molecular weight is 320 g/mol. The molecule has 3 heterocycles. The number of amides is 1. The van der Waals surface area contributed by atoms with Crippen molar-refractivity contribution in [2.75, 3.05) is 26.2 Å². The molecular formula is C17H24N2O4. The van der Waals surface area contributed by atoms with E-state index in [9.17, 15) is 9.59 Å². The fourth-order valence-corrected chi connectivity index (χ4v) is 3.31. The summed E-state index contributed by atoms with van der Waals surface area (Å²) in [6.07, 6.45) is 4.52. The van der Waals surface area contributed by atoms with E-state index < -0.39 is 0 Å². The predicted molar refractivity (Wildman–Crippen MR) is 85.6 cm³/mol. The van der Waals surface area contributed by atoms with E-state index in [-0.39, 0.29) is 23.1 Å². The first-order chi connectivity index (χ1) is 11.1. The number of likely N-dealkylation sites (tertiary alicyclic amines) is 1. The van der Waals surface area contributed by atoms with Crippen LogP contribution in [0, 0.1) is 6.92 Å². The fourth-order valence-electron chi connectivity index (χ4n) is 3.31. The highest BCUT2D eigenvalue weighted by atomic mass is 16.5. The third-order valence-corrected chi connectivity index (χ3v) is 4.52. The number of aryl methyl sites for hydroxylation is 1. The monoisotopic (exact) mass is 320 g/mol. The standard InChI is InChI=1S/C17H24N2O4/c1-12-9-14(20)10-16(23-12)17(21)18-13-4-6-19(7-5-13)11-15-3-2-8-22-15/h9-10,13,15H,2-8,11H2,1H3,(H,18,21). The SMILES string of the molecule is Cc1cc(=O)cc(C(=O)NC2CCN(CC3CCCO3)CC2)o1. The molecule has 1 atom stereocenters. The summed E-state index contributed by atoms with van der Waals surface area (Å²) in [6.45, 7) is 5.47. The van der Waals surface area contributed by atoms with Gasteiger partial charge in [0.2, 0.25) is 0 Å². The minimum absolute atomic E-state index is 0.0942. The van der Waals surface area contributed by atoms with Crippen molar-refractivity contribution in [3.63, 3.8) is 0 Å². The van der Waals surface area contributed by atoms with Gasteiger partial charge < -0.3 is 19.4 Å². The molecule has 3 rings (SSSR count). The highest BCUT2D eigenvalue weighted by Crippen LogP contribution is 2.17. The number of hydrogen-bond donors (Lipinski definition) is 1. The normalized spacial score (nSPS) is 23.1. The quantitative estimate of drug-likeness (QED) is 0.906. The average Bonchev–Trinajstić information content (AvgIpc) is 3.01. The summed E-state index contributed by atoms with van der Waals surface area (Å²) < 4.78 is 11.0. The molecule has 1 aromatic rings. The van der Waals surface area contributed by atoms with Gasteiger partial charge in [0.15, 0.2) is 11.2 Å². The van der Waals surface area contributed by atoms with Crippen molar-refractivity contribution in [2.45, 2.75) is 44.8 Å². The molecule has 1 amide bonds. The van der Waals surface area contributed by atoms with E-state index in [1.165, 1.54) is 18.6 Å². The molecule has 2 aliphatic rings. The summed E-state index contributed by atoms with van der Waals surface area (Å²) in [4.78, 5) is 26.1. The second kappa shape index (κ2) is 7.27. The number of ether oxygens (including phenoxy) is 1. The largest absolute Gasteiger partial charge is 0.456 e. The maximum Gasteiger partial charge on any atom is 0.287 e.